The monoisotopic (exact) mass is 164 g/mol. The largest absolute Gasteiger partial charge is 0.375 e. The van der Waals surface area contributed by atoms with Gasteiger partial charge in [-0.3, -0.25) is 0 Å². The van der Waals surface area contributed by atoms with Crippen molar-refractivity contribution in [3.63, 3.8) is 0 Å². The van der Waals surface area contributed by atoms with Crippen molar-refractivity contribution in [2.24, 2.45) is 0 Å². The highest BCUT2D eigenvalue weighted by Crippen LogP contribution is 2.17. The Labute approximate surface area is 67.9 Å². The topological polar surface area (TPSA) is 64.7 Å². The molecule has 4 nitrogen and oxygen atoms in total. The highest BCUT2D eigenvalue weighted by Gasteiger charge is 2.01. The van der Waals surface area contributed by atoms with Gasteiger partial charge in [-0.05, 0) is 0 Å². The summed E-state index contributed by atoms with van der Waals surface area (Å²) in [6.45, 7) is 0. The van der Waals surface area contributed by atoms with Crippen LogP contribution in [-0.4, -0.2) is 22.8 Å². The molecule has 0 amide bonds. The molecule has 0 bridgehead atoms. The van der Waals surface area contributed by atoms with E-state index in [0.29, 0.717) is 10.8 Å². The number of hydrogen-bond donors (Lipinski definition) is 1. The predicted molar refractivity (Wildman–Crippen MR) is 47.8 cm³/mol. The van der Waals surface area contributed by atoms with Gasteiger partial charge < -0.3 is 5.73 Å². The van der Waals surface area contributed by atoms with Crippen LogP contribution in [0.15, 0.2) is 6.20 Å². The van der Waals surface area contributed by atoms with Crippen LogP contribution in [0.1, 0.15) is 0 Å². The number of nitrogens with zero attached hydrogens (tertiary/aromatic N) is 3. The lowest BCUT2D eigenvalue weighted by molar-refractivity contribution is 1.30. The fraction of sp³-hybridized carbons (Fsp3) is 0. The van der Waals surface area contributed by atoms with Crippen LogP contribution in [0.25, 0.3) is 10.5 Å². The van der Waals surface area contributed by atoms with E-state index >= 15 is 0 Å². The van der Waals surface area contributed by atoms with Crippen LogP contribution in [0, 0.1) is 0 Å². The van der Waals surface area contributed by atoms with Crippen molar-refractivity contribution >= 4 is 40.4 Å². The van der Waals surface area contributed by atoms with Crippen molar-refractivity contribution in [1.82, 2.24) is 15.0 Å². The average molecular weight is 164 g/mol. The summed E-state index contributed by atoms with van der Waals surface area (Å²) in [6.07, 6.45) is 1.68. The first-order valence-corrected chi connectivity index (χ1v) is 3.93. The average Bonchev–Trinajstić information content (AvgIpc) is 2.27. The maximum Gasteiger partial charge on any atom is 0.191 e. The van der Waals surface area contributed by atoms with Gasteiger partial charge in [-0.15, -0.1) is 0 Å². The first-order valence-electron chi connectivity index (χ1n) is 3.11. The molecule has 54 valence electrons. The summed E-state index contributed by atoms with van der Waals surface area (Å²) in [4.78, 5) is 13.1. The second-order valence-corrected chi connectivity index (χ2v) is 3.20. The van der Waals surface area contributed by atoms with Crippen molar-refractivity contribution in [2.75, 3.05) is 5.73 Å². The van der Waals surface area contributed by atoms with Gasteiger partial charge in [0.05, 0.1) is 0 Å². The lowest BCUT2D eigenvalue weighted by Crippen LogP contribution is -2.07. The normalized spacial score (nSPS) is 10.5. The number of nitrogen functional groups attached to an aromatic ring is 1. The van der Waals surface area contributed by atoms with Gasteiger partial charge in [0.2, 0.25) is 0 Å². The number of rotatable bonds is 0. The lowest BCUT2D eigenvalue weighted by Gasteiger charge is -1.87. The maximum atomic E-state index is 5.47. The molecule has 0 fully saturated rings. The highest BCUT2D eigenvalue weighted by molar-refractivity contribution is 7.21. The molecule has 2 N–H and O–H groups in total. The molecule has 0 saturated heterocycles. The molecule has 0 aromatic carbocycles. The summed E-state index contributed by atoms with van der Waals surface area (Å²) < 4.78 is 0. The second kappa shape index (κ2) is 2.16. The minimum atomic E-state index is 0.519. The van der Waals surface area contributed by atoms with Crippen molar-refractivity contribution in [3.8, 4) is 0 Å². The molecule has 0 aliphatic rings. The summed E-state index contributed by atoms with van der Waals surface area (Å²) >= 11 is 1.36. The minimum Gasteiger partial charge on any atom is -0.375 e. The van der Waals surface area contributed by atoms with Crippen molar-refractivity contribution < 1.29 is 0 Å². The Bertz CT molecular complexity index is 398. The van der Waals surface area contributed by atoms with Gasteiger partial charge in [-0.1, -0.05) is 11.3 Å². The van der Waals surface area contributed by atoms with E-state index in [9.17, 15) is 0 Å². The number of aromatic nitrogens is 3. The van der Waals surface area contributed by atoms with E-state index in [4.69, 9.17) is 5.73 Å². The van der Waals surface area contributed by atoms with E-state index < -0.39 is 0 Å². The Morgan fingerprint density at radius 2 is 2.27 bits per heavy atom. The zero-order valence-corrected chi connectivity index (χ0v) is 6.72. The van der Waals surface area contributed by atoms with Crippen molar-refractivity contribution in [2.45, 2.75) is 0 Å². The molecule has 2 heterocycles. The third kappa shape index (κ3) is 1.05. The Morgan fingerprint density at radius 3 is 3.09 bits per heavy atom. The molecule has 0 aliphatic carbocycles. The van der Waals surface area contributed by atoms with E-state index in [1.165, 1.54) is 11.3 Å². The van der Waals surface area contributed by atoms with Crippen LogP contribution >= 0.6 is 11.3 Å². The van der Waals surface area contributed by atoms with Gasteiger partial charge in [-0.25, -0.2) is 9.97 Å². The number of thiazole rings is 1. The van der Waals surface area contributed by atoms with Gasteiger partial charge in [0.25, 0.3) is 0 Å². The fourth-order valence-corrected chi connectivity index (χ4v) is 1.53. The van der Waals surface area contributed by atoms with E-state index in [2.05, 4.69) is 15.0 Å². The van der Waals surface area contributed by atoms with E-state index in [-0.39, 0.29) is 0 Å². The SMILES string of the molecule is Bc1cnc2nc(N)sc2n1. The van der Waals surface area contributed by atoms with E-state index in [0.717, 1.165) is 10.4 Å². The molecule has 0 spiro atoms. The molecule has 0 radical (unpaired) electrons. The smallest absolute Gasteiger partial charge is 0.191 e. The van der Waals surface area contributed by atoms with Crippen LogP contribution in [0.3, 0.4) is 0 Å². The van der Waals surface area contributed by atoms with Crippen LogP contribution in [0.2, 0.25) is 0 Å². The summed E-state index contributed by atoms with van der Waals surface area (Å²) in [6, 6.07) is 0. The Balaban J connectivity index is 2.82. The van der Waals surface area contributed by atoms with Crippen molar-refractivity contribution in [3.05, 3.63) is 6.20 Å². The van der Waals surface area contributed by atoms with Crippen molar-refractivity contribution in [1.29, 1.82) is 0 Å². The van der Waals surface area contributed by atoms with Gasteiger partial charge in [0.1, 0.15) is 0 Å². The zero-order chi connectivity index (χ0) is 7.84. The van der Waals surface area contributed by atoms with E-state index in [1.54, 1.807) is 6.20 Å². The number of nitrogens with two attached hydrogens (primary N) is 1. The van der Waals surface area contributed by atoms with Crippen LogP contribution < -0.4 is 11.3 Å². The molecule has 2 aromatic rings. The number of hydrogen-bond acceptors (Lipinski definition) is 5. The summed E-state index contributed by atoms with van der Waals surface area (Å²) in [5, 5.41) is 0.519. The third-order valence-corrected chi connectivity index (χ3v) is 2.03. The molecule has 0 aliphatic heterocycles. The van der Waals surface area contributed by atoms with Crippen LogP contribution in [-0.2, 0) is 0 Å². The minimum absolute atomic E-state index is 0.519. The molecular formula is C5H5BN4S. The van der Waals surface area contributed by atoms with Gasteiger partial charge >= 0.3 is 0 Å². The molecule has 11 heavy (non-hydrogen) atoms. The highest BCUT2D eigenvalue weighted by atomic mass is 32.1. The van der Waals surface area contributed by atoms with Gasteiger partial charge in [-0.2, -0.15) is 4.98 Å². The predicted octanol–water partition coefficient (Wildman–Crippen LogP) is -1.07. The van der Waals surface area contributed by atoms with Gasteiger partial charge in [0.15, 0.2) is 23.5 Å². The molecular weight excluding hydrogens is 159 g/mol. The van der Waals surface area contributed by atoms with Crippen LogP contribution in [0.4, 0.5) is 5.13 Å². The quantitative estimate of drug-likeness (QED) is 0.503. The van der Waals surface area contributed by atoms with E-state index in [1.807, 2.05) is 7.85 Å². The fourth-order valence-electron chi connectivity index (χ4n) is 0.820. The lowest BCUT2D eigenvalue weighted by atomic mass is 10.1. The second-order valence-electron chi connectivity index (χ2n) is 2.19. The third-order valence-electron chi connectivity index (χ3n) is 1.26. The Kier molecular flexibility index (Phi) is 1.29. The summed E-state index contributed by atoms with van der Waals surface area (Å²) in [5.74, 6) is 0. The van der Waals surface area contributed by atoms with Gasteiger partial charge in [0, 0.05) is 11.8 Å². The first-order chi connectivity index (χ1) is 5.25. The number of fused-ring (bicyclic) bond motifs is 1. The Morgan fingerprint density at radius 1 is 1.45 bits per heavy atom. The molecule has 6 heteroatoms. The standard InChI is InChI=1S/C5H5BN4S/c6-2-1-8-3-4(9-2)11-5(7)10-3/h1H,6H2,(H2,7,8,10). The molecule has 0 unspecified atom stereocenters. The molecule has 2 aromatic heterocycles. The zero-order valence-electron chi connectivity index (χ0n) is 5.90. The first kappa shape index (κ1) is 6.54. The van der Waals surface area contributed by atoms with Crippen LogP contribution in [0.5, 0.6) is 0 Å². The molecule has 0 atom stereocenters. The summed E-state index contributed by atoms with van der Waals surface area (Å²) in [5.41, 5.74) is 7.00. The number of anilines is 1. The Hall–Kier alpha value is -1.17. The molecule has 0 saturated carbocycles. The maximum absolute atomic E-state index is 5.47. The summed E-state index contributed by atoms with van der Waals surface area (Å²) in [7, 11) is 1.89. The molecule has 2 rings (SSSR count).